The van der Waals surface area contributed by atoms with Crippen molar-refractivity contribution in [3.63, 3.8) is 0 Å². The topological polar surface area (TPSA) is 142 Å². The Morgan fingerprint density at radius 3 is 2.31 bits per heavy atom. The van der Waals surface area contributed by atoms with E-state index in [0.717, 1.165) is 30.9 Å². The third kappa shape index (κ3) is 3.00. The second-order valence-corrected chi connectivity index (χ2v) is 7.66. The Hall–Kier alpha value is -4.47. The maximum absolute atomic E-state index is 11.8. The van der Waals surface area contributed by atoms with Crippen molar-refractivity contribution in [2.75, 3.05) is 0 Å². The van der Waals surface area contributed by atoms with E-state index in [-0.39, 0.29) is 22.5 Å². The van der Waals surface area contributed by atoms with Gasteiger partial charge in [-0.25, -0.2) is 4.99 Å². The fourth-order valence-corrected chi connectivity index (χ4v) is 4.41. The molecule has 3 aliphatic carbocycles. The molecule has 0 heterocycles. The van der Waals surface area contributed by atoms with Crippen LogP contribution in [0.1, 0.15) is 28.7 Å². The molecule has 158 valence electrons. The third-order valence-electron chi connectivity index (χ3n) is 5.83. The van der Waals surface area contributed by atoms with Gasteiger partial charge in [-0.2, -0.15) is 0 Å². The molecular formula is C22H14N4O6. The molecule has 0 aromatic heterocycles. The number of allylic oxidation sites excluding steroid dienone is 3. The van der Waals surface area contributed by atoms with Crippen molar-refractivity contribution >= 4 is 28.7 Å². The predicted molar refractivity (Wildman–Crippen MR) is 116 cm³/mol. The Kier molecular flexibility index (Phi) is 4.29. The fourth-order valence-electron chi connectivity index (χ4n) is 4.41. The van der Waals surface area contributed by atoms with E-state index < -0.39 is 26.2 Å². The van der Waals surface area contributed by atoms with Gasteiger partial charge in [0.15, 0.2) is 0 Å². The first-order valence-electron chi connectivity index (χ1n) is 9.80. The van der Waals surface area contributed by atoms with Crippen LogP contribution in [0.4, 0.5) is 11.4 Å². The van der Waals surface area contributed by atoms with E-state index in [9.17, 15) is 30.3 Å². The lowest BCUT2D eigenvalue weighted by atomic mass is 9.91. The molecule has 0 amide bonds. The number of aliphatic imine (C=N–C) groups is 1. The molecule has 2 aromatic rings. The molecule has 10 nitrogen and oxygen atoms in total. The van der Waals surface area contributed by atoms with Crippen LogP contribution < -0.4 is 0 Å². The third-order valence-corrected chi connectivity index (χ3v) is 5.83. The first kappa shape index (κ1) is 19.5. The highest BCUT2D eigenvalue weighted by Gasteiger charge is 2.41. The second kappa shape index (κ2) is 7.05. The first-order chi connectivity index (χ1) is 15.3. The van der Waals surface area contributed by atoms with Crippen molar-refractivity contribution < 1.29 is 14.8 Å². The fraction of sp³-hybridized carbons (Fsp3) is 0.136. The number of nitro groups is 3. The molecule has 0 unspecified atom stereocenters. The number of aryl methyl sites for hydroxylation is 2. The zero-order valence-corrected chi connectivity index (χ0v) is 16.5. The second-order valence-electron chi connectivity index (χ2n) is 7.66. The minimum atomic E-state index is -0.696. The summed E-state index contributed by atoms with van der Waals surface area (Å²) in [5.74, 6) is 0. The van der Waals surface area contributed by atoms with E-state index in [0.29, 0.717) is 16.8 Å². The molecule has 0 spiro atoms. The quantitative estimate of drug-likeness (QED) is 0.519. The Balaban J connectivity index is 1.73. The Bertz CT molecular complexity index is 1380. The molecule has 5 rings (SSSR count). The highest BCUT2D eigenvalue weighted by molar-refractivity contribution is 6.28. The number of nitrogens with zero attached hydrogens (tertiary/aromatic N) is 4. The number of fused-ring (bicyclic) bond motifs is 4. The predicted octanol–water partition coefficient (Wildman–Crippen LogP) is 4.42. The molecule has 32 heavy (non-hydrogen) atoms. The van der Waals surface area contributed by atoms with Gasteiger partial charge < -0.3 is 0 Å². The van der Waals surface area contributed by atoms with Gasteiger partial charge in [0, 0.05) is 17.7 Å². The number of hydrogen-bond acceptors (Lipinski definition) is 7. The van der Waals surface area contributed by atoms with E-state index >= 15 is 0 Å². The molecule has 0 aliphatic heterocycles. The summed E-state index contributed by atoms with van der Waals surface area (Å²) in [5.41, 5.74) is 2.91. The minimum absolute atomic E-state index is 0.00704. The summed E-state index contributed by atoms with van der Waals surface area (Å²) < 4.78 is 0. The summed E-state index contributed by atoms with van der Waals surface area (Å²) in [6, 6.07) is 9.57. The van der Waals surface area contributed by atoms with Gasteiger partial charge in [0.05, 0.1) is 32.1 Å². The van der Waals surface area contributed by atoms with Crippen molar-refractivity contribution in [3.05, 3.63) is 112 Å². The Labute approximate surface area is 180 Å². The van der Waals surface area contributed by atoms with Gasteiger partial charge in [-0.15, -0.1) is 0 Å². The van der Waals surface area contributed by atoms with Crippen LogP contribution >= 0.6 is 0 Å². The van der Waals surface area contributed by atoms with Crippen LogP contribution in [0.2, 0.25) is 0 Å². The molecule has 0 bridgehead atoms. The average Bonchev–Trinajstić information content (AvgIpc) is 3.37. The highest BCUT2D eigenvalue weighted by atomic mass is 16.6. The Morgan fingerprint density at radius 1 is 0.812 bits per heavy atom. The number of hydrogen-bond donors (Lipinski definition) is 0. The first-order valence-corrected chi connectivity index (χ1v) is 9.80. The van der Waals surface area contributed by atoms with Crippen molar-refractivity contribution in [2.24, 2.45) is 4.99 Å². The number of non-ortho nitro benzene ring substituents is 1. The number of benzene rings is 2. The molecule has 0 atom stereocenters. The van der Waals surface area contributed by atoms with Crippen LogP contribution in [0.25, 0.3) is 11.6 Å². The molecule has 0 saturated carbocycles. The smallest absolute Gasteiger partial charge is 0.258 e. The van der Waals surface area contributed by atoms with E-state index in [2.05, 4.69) is 4.99 Å². The summed E-state index contributed by atoms with van der Waals surface area (Å²) in [5, 5.41) is 34.7. The van der Waals surface area contributed by atoms with Gasteiger partial charge in [0.2, 0.25) is 0 Å². The number of nitro benzene ring substituents is 1. The molecule has 0 N–H and O–H groups in total. The van der Waals surface area contributed by atoms with Gasteiger partial charge >= 0.3 is 5.70 Å². The summed E-state index contributed by atoms with van der Waals surface area (Å²) in [4.78, 5) is 37.3. The van der Waals surface area contributed by atoms with Crippen molar-refractivity contribution in [1.82, 2.24) is 0 Å². The zero-order valence-electron chi connectivity index (χ0n) is 16.5. The summed E-state index contributed by atoms with van der Waals surface area (Å²) >= 11 is 0. The minimum Gasteiger partial charge on any atom is -0.258 e. The molecule has 3 aliphatic rings. The molecule has 10 heteroatoms. The standard InChI is InChI=1S/C22H14N4O6/c27-24(28)16-6-7-17-14(9-16)10-18-21(17)19(25(29)30)11-20(26(31)32)22(18)23-15-5-4-12-2-1-3-13(12)8-15/h4-11H,1-3H2. The lowest BCUT2D eigenvalue weighted by Crippen LogP contribution is -2.20. The van der Waals surface area contributed by atoms with Crippen LogP contribution in [-0.4, -0.2) is 20.5 Å². The normalized spacial score (nSPS) is 17.4. The van der Waals surface area contributed by atoms with Crippen molar-refractivity contribution in [1.29, 1.82) is 0 Å². The molecule has 0 fully saturated rings. The maximum Gasteiger partial charge on any atom is 0.302 e. The SMILES string of the molecule is O=[N+]([O-])C1=CC([N+](=O)[O-])=C2C(=Cc3cc([N+](=O)[O-])ccc32)C1=Nc1ccc2c(c1)CCC2. The zero-order chi connectivity index (χ0) is 22.6. The Morgan fingerprint density at radius 2 is 1.59 bits per heavy atom. The lowest BCUT2D eigenvalue weighted by molar-refractivity contribution is -0.428. The van der Waals surface area contributed by atoms with E-state index in [1.807, 2.05) is 12.1 Å². The number of rotatable bonds is 4. The van der Waals surface area contributed by atoms with E-state index in [1.165, 1.54) is 29.8 Å². The largest absolute Gasteiger partial charge is 0.302 e. The monoisotopic (exact) mass is 430 g/mol. The van der Waals surface area contributed by atoms with Gasteiger partial charge in [0.1, 0.15) is 5.71 Å². The van der Waals surface area contributed by atoms with Crippen molar-refractivity contribution in [2.45, 2.75) is 19.3 Å². The summed E-state index contributed by atoms with van der Waals surface area (Å²) in [6.45, 7) is 0. The lowest BCUT2D eigenvalue weighted by Gasteiger charge is -2.14. The van der Waals surface area contributed by atoms with E-state index in [4.69, 9.17) is 0 Å². The molecular weight excluding hydrogens is 416 g/mol. The summed E-state index contributed by atoms with van der Waals surface area (Å²) in [6.07, 6.45) is 5.32. The molecule has 0 saturated heterocycles. The van der Waals surface area contributed by atoms with Crippen LogP contribution in [-0.2, 0) is 12.8 Å². The van der Waals surface area contributed by atoms with Gasteiger partial charge in [-0.05, 0) is 65.8 Å². The highest BCUT2D eigenvalue weighted by Crippen LogP contribution is 2.44. The van der Waals surface area contributed by atoms with Crippen LogP contribution in [0.5, 0.6) is 0 Å². The summed E-state index contributed by atoms with van der Waals surface area (Å²) in [7, 11) is 0. The van der Waals surface area contributed by atoms with Crippen LogP contribution in [0.15, 0.2) is 64.4 Å². The molecule has 0 radical (unpaired) electrons. The maximum atomic E-state index is 11.8. The molecule has 2 aromatic carbocycles. The van der Waals surface area contributed by atoms with Crippen LogP contribution in [0.3, 0.4) is 0 Å². The van der Waals surface area contributed by atoms with Crippen molar-refractivity contribution in [3.8, 4) is 0 Å². The van der Waals surface area contributed by atoms with Gasteiger partial charge in [-0.3, -0.25) is 30.3 Å². The van der Waals surface area contributed by atoms with Crippen LogP contribution in [0, 0.1) is 30.3 Å². The van der Waals surface area contributed by atoms with Gasteiger partial charge in [0.25, 0.3) is 11.4 Å². The van der Waals surface area contributed by atoms with Gasteiger partial charge in [-0.1, -0.05) is 6.07 Å². The van der Waals surface area contributed by atoms with E-state index in [1.54, 1.807) is 6.07 Å². The average molecular weight is 430 g/mol.